The maximum atomic E-state index is 13.9. The molecule has 0 spiro atoms. The van der Waals surface area contributed by atoms with Crippen LogP contribution in [-0.4, -0.2) is 24.0 Å². The van der Waals surface area contributed by atoms with Gasteiger partial charge in [0, 0.05) is 13.2 Å². The Hall–Kier alpha value is -3.33. The molecule has 0 unspecified atom stereocenters. The molecule has 168 valence electrons. The number of carbonyl (C=O) groups excluding carboxylic acids is 1. The molecule has 0 N–H and O–H groups in total. The van der Waals surface area contributed by atoms with Crippen molar-refractivity contribution in [3.05, 3.63) is 77.2 Å². The van der Waals surface area contributed by atoms with Gasteiger partial charge in [0.1, 0.15) is 22.3 Å². The van der Waals surface area contributed by atoms with Crippen LogP contribution in [0.5, 0.6) is 17.4 Å². The number of alkyl halides is 3. The smallest absolute Gasteiger partial charge is 0.417 e. The van der Waals surface area contributed by atoms with Crippen LogP contribution in [0.1, 0.15) is 12.5 Å². The van der Waals surface area contributed by atoms with E-state index in [1.54, 1.807) is 6.07 Å². The summed E-state index contributed by atoms with van der Waals surface area (Å²) in [5.74, 6) is -0.618. The number of benzene rings is 2. The van der Waals surface area contributed by atoms with Crippen molar-refractivity contribution in [1.29, 1.82) is 0 Å². The van der Waals surface area contributed by atoms with Crippen molar-refractivity contribution in [3.63, 3.8) is 0 Å². The average Bonchev–Trinajstić information content (AvgIpc) is 2.75. The zero-order chi connectivity index (χ0) is 23.5. The van der Waals surface area contributed by atoms with Gasteiger partial charge >= 0.3 is 6.18 Å². The van der Waals surface area contributed by atoms with Gasteiger partial charge in [-0.2, -0.15) is 13.2 Å². The van der Waals surface area contributed by atoms with Crippen molar-refractivity contribution < 1.29 is 31.8 Å². The van der Waals surface area contributed by atoms with Gasteiger partial charge in [-0.15, -0.1) is 0 Å². The summed E-state index contributed by atoms with van der Waals surface area (Å²) in [5, 5.41) is -0.296. The van der Waals surface area contributed by atoms with Crippen molar-refractivity contribution in [2.75, 3.05) is 11.9 Å². The summed E-state index contributed by atoms with van der Waals surface area (Å²) >= 11 is 5.83. The third-order valence-corrected chi connectivity index (χ3v) is 4.65. The van der Waals surface area contributed by atoms with E-state index in [1.807, 2.05) is 0 Å². The van der Waals surface area contributed by atoms with Crippen molar-refractivity contribution in [2.45, 2.75) is 19.2 Å². The molecule has 0 aliphatic carbocycles. The van der Waals surface area contributed by atoms with Gasteiger partial charge in [-0.3, -0.25) is 4.79 Å². The number of hydrogen-bond acceptors (Lipinski definition) is 4. The first-order valence-corrected chi connectivity index (χ1v) is 9.63. The van der Waals surface area contributed by atoms with Gasteiger partial charge in [0.05, 0.1) is 11.3 Å². The Bertz CT molecular complexity index is 1110. The molecule has 1 aromatic heterocycles. The van der Waals surface area contributed by atoms with Crippen molar-refractivity contribution in [1.82, 2.24) is 4.98 Å². The number of anilines is 1. The van der Waals surface area contributed by atoms with Gasteiger partial charge in [0.15, 0.2) is 6.10 Å². The van der Waals surface area contributed by atoms with Crippen LogP contribution in [0, 0.1) is 5.82 Å². The molecular formula is C22H17ClF4N2O3. The minimum Gasteiger partial charge on any atom is -0.481 e. The number of rotatable bonds is 6. The largest absolute Gasteiger partial charge is 0.481 e. The molecule has 1 amide bonds. The van der Waals surface area contributed by atoms with Crippen LogP contribution in [-0.2, 0) is 11.0 Å². The number of nitrogens with zero attached hydrogens (tertiary/aromatic N) is 2. The number of amides is 1. The SMILES string of the molecule is C[C@@H](Oc1ccc(Oc2ncc(C(F)(F)F)cc2Cl)cc1)C(=O)N(C)c1ccccc1F. The Kier molecular flexibility index (Phi) is 6.88. The Morgan fingerprint density at radius 2 is 1.72 bits per heavy atom. The van der Waals surface area contributed by atoms with Crippen LogP contribution in [0.15, 0.2) is 60.8 Å². The summed E-state index contributed by atoms with van der Waals surface area (Å²) in [6.07, 6.45) is -4.86. The second-order valence-electron chi connectivity index (χ2n) is 6.69. The molecule has 1 atom stereocenters. The molecule has 10 heteroatoms. The highest BCUT2D eigenvalue weighted by atomic mass is 35.5. The van der Waals surface area contributed by atoms with E-state index in [0.29, 0.717) is 11.9 Å². The van der Waals surface area contributed by atoms with Crippen LogP contribution in [0.3, 0.4) is 0 Å². The summed E-state index contributed by atoms with van der Waals surface area (Å²) in [4.78, 5) is 17.3. The molecule has 1 heterocycles. The molecule has 0 saturated heterocycles. The van der Waals surface area contributed by atoms with Gasteiger partial charge in [0.25, 0.3) is 5.91 Å². The summed E-state index contributed by atoms with van der Waals surface area (Å²) < 4.78 is 63.0. The van der Waals surface area contributed by atoms with Crippen LogP contribution >= 0.6 is 11.6 Å². The lowest BCUT2D eigenvalue weighted by Gasteiger charge is -2.22. The van der Waals surface area contributed by atoms with Gasteiger partial charge in [-0.1, -0.05) is 23.7 Å². The molecule has 3 rings (SSSR count). The molecule has 0 saturated carbocycles. The number of likely N-dealkylation sites (N-methyl/N-ethyl adjacent to an activating group) is 1. The van der Waals surface area contributed by atoms with Crippen LogP contribution in [0.4, 0.5) is 23.2 Å². The number of para-hydroxylation sites is 1. The third-order valence-electron chi connectivity index (χ3n) is 4.38. The normalized spacial score (nSPS) is 12.2. The predicted octanol–water partition coefficient (Wildman–Crippen LogP) is 6.12. The molecule has 5 nitrogen and oxygen atoms in total. The van der Waals surface area contributed by atoms with E-state index in [9.17, 15) is 22.4 Å². The maximum Gasteiger partial charge on any atom is 0.417 e. The Morgan fingerprint density at radius 3 is 2.31 bits per heavy atom. The van der Waals surface area contributed by atoms with Crippen LogP contribution in [0.25, 0.3) is 0 Å². The van der Waals surface area contributed by atoms with Crippen molar-refractivity contribution in [2.24, 2.45) is 0 Å². The average molecular weight is 469 g/mol. The van der Waals surface area contributed by atoms with Gasteiger partial charge < -0.3 is 14.4 Å². The van der Waals surface area contributed by atoms with Crippen molar-refractivity contribution >= 4 is 23.2 Å². The molecule has 3 aromatic rings. The molecule has 0 aliphatic rings. The number of carbonyl (C=O) groups is 1. The van der Waals surface area contributed by atoms with Gasteiger partial charge in [0.2, 0.25) is 5.88 Å². The number of aromatic nitrogens is 1. The highest BCUT2D eigenvalue weighted by Crippen LogP contribution is 2.35. The lowest BCUT2D eigenvalue weighted by molar-refractivity contribution is -0.137. The first-order valence-electron chi connectivity index (χ1n) is 9.25. The summed E-state index contributed by atoms with van der Waals surface area (Å²) in [7, 11) is 1.44. The number of hydrogen-bond donors (Lipinski definition) is 0. The monoisotopic (exact) mass is 468 g/mol. The van der Waals surface area contributed by atoms with E-state index in [2.05, 4.69) is 4.98 Å². The van der Waals surface area contributed by atoms with Gasteiger partial charge in [-0.05, 0) is 49.4 Å². The topological polar surface area (TPSA) is 51.7 Å². The minimum atomic E-state index is -4.57. The quantitative estimate of drug-likeness (QED) is 0.409. The van der Waals surface area contributed by atoms with E-state index < -0.39 is 29.6 Å². The molecule has 2 aromatic carbocycles. The molecule has 0 aliphatic heterocycles. The molecule has 32 heavy (non-hydrogen) atoms. The lowest BCUT2D eigenvalue weighted by Crippen LogP contribution is -2.38. The fourth-order valence-electron chi connectivity index (χ4n) is 2.72. The Labute approximate surface area is 186 Å². The zero-order valence-corrected chi connectivity index (χ0v) is 17.6. The van der Waals surface area contributed by atoms with Crippen LogP contribution < -0.4 is 14.4 Å². The molecule has 0 bridgehead atoms. The van der Waals surface area contributed by atoms with Crippen molar-refractivity contribution in [3.8, 4) is 17.4 Å². The highest BCUT2D eigenvalue weighted by Gasteiger charge is 2.31. The number of pyridine rings is 1. The summed E-state index contributed by atoms with van der Waals surface area (Å²) in [5.41, 5.74) is -0.866. The molecule has 0 fully saturated rings. The van der Waals surface area contributed by atoms with Crippen LogP contribution in [0.2, 0.25) is 5.02 Å². The van der Waals surface area contributed by atoms with E-state index in [4.69, 9.17) is 21.1 Å². The van der Waals surface area contributed by atoms with E-state index >= 15 is 0 Å². The Balaban J connectivity index is 1.64. The van der Waals surface area contributed by atoms with E-state index in [1.165, 1.54) is 56.4 Å². The minimum absolute atomic E-state index is 0.123. The second-order valence-corrected chi connectivity index (χ2v) is 7.10. The first-order chi connectivity index (χ1) is 15.1. The summed E-state index contributed by atoms with van der Waals surface area (Å²) in [6, 6.07) is 12.5. The maximum absolute atomic E-state index is 13.9. The highest BCUT2D eigenvalue weighted by molar-refractivity contribution is 6.31. The third kappa shape index (κ3) is 5.47. The van der Waals surface area contributed by atoms with Gasteiger partial charge in [-0.25, -0.2) is 9.37 Å². The fraction of sp³-hybridized carbons (Fsp3) is 0.182. The fourth-order valence-corrected chi connectivity index (χ4v) is 2.93. The lowest BCUT2D eigenvalue weighted by atomic mass is 10.2. The molecular weight excluding hydrogens is 452 g/mol. The second kappa shape index (κ2) is 9.44. The van der Waals surface area contributed by atoms with E-state index in [-0.39, 0.29) is 22.3 Å². The number of ether oxygens (including phenoxy) is 2. The predicted molar refractivity (Wildman–Crippen MR) is 111 cm³/mol. The molecule has 0 radical (unpaired) electrons. The Morgan fingerprint density at radius 1 is 1.09 bits per heavy atom. The first kappa shape index (κ1) is 23.3. The standard InChI is InChI=1S/C22H17ClF4N2O3/c1-13(21(30)29(2)19-6-4-3-5-18(19)24)31-15-7-9-16(10-8-15)32-20-17(23)11-14(12-28-20)22(25,26)27/h3-13H,1-2H3/t13-/m1/s1. The zero-order valence-electron chi connectivity index (χ0n) is 16.9. The number of halogens is 5. The van der Waals surface area contributed by atoms with E-state index in [0.717, 1.165) is 11.0 Å². The summed E-state index contributed by atoms with van der Waals surface area (Å²) in [6.45, 7) is 1.52.